The van der Waals surface area contributed by atoms with E-state index in [-0.39, 0.29) is 17.1 Å². The molecule has 0 aliphatic rings. The van der Waals surface area contributed by atoms with E-state index in [0.717, 1.165) is 6.26 Å². The number of rotatable bonds is 5. The van der Waals surface area contributed by atoms with Gasteiger partial charge in [0, 0.05) is 29.3 Å². The number of nitrogens with zero attached hydrogens (tertiary/aromatic N) is 4. The van der Waals surface area contributed by atoms with Crippen molar-refractivity contribution in [2.45, 2.75) is 0 Å². The Morgan fingerprint density at radius 2 is 2.00 bits per heavy atom. The monoisotopic (exact) mass is 402 g/mol. The third kappa shape index (κ3) is 4.08. The lowest BCUT2D eigenvalue weighted by molar-refractivity contribution is -0.384. The Bertz CT molecular complexity index is 1150. The number of hydrogen-bond donors (Lipinski definition) is 0. The first-order valence-electron chi connectivity index (χ1n) is 7.28. The molecule has 0 amide bonds. The molecule has 27 heavy (non-hydrogen) atoms. The van der Waals surface area contributed by atoms with Gasteiger partial charge in [0.15, 0.2) is 0 Å². The number of non-ortho nitro benzene ring substituents is 1. The van der Waals surface area contributed by atoms with Crippen molar-refractivity contribution >= 4 is 27.1 Å². The molecular weight excluding hydrogens is 392 g/mol. The second-order valence-corrected chi connectivity index (χ2v) is 7.75. The van der Waals surface area contributed by atoms with Crippen LogP contribution in [0.4, 0.5) is 5.69 Å². The molecule has 0 fully saturated rings. The Hall–Kier alpha value is -3.36. The Labute approximate surface area is 157 Å². The second kappa shape index (κ2) is 7.10. The molecule has 2 heterocycles. The Morgan fingerprint density at radius 3 is 2.52 bits per heavy atom. The Kier molecular flexibility index (Phi) is 4.85. The van der Waals surface area contributed by atoms with Crippen molar-refractivity contribution in [3.63, 3.8) is 0 Å². The maximum atomic E-state index is 11.6. The van der Waals surface area contributed by atoms with E-state index in [1.165, 1.54) is 35.6 Å². The van der Waals surface area contributed by atoms with E-state index in [9.17, 15) is 23.8 Å². The zero-order chi connectivity index (χ0) is 19.6. The van der Waals surface area contributed by atoms with Gasteiger partial charge in [-0.1, -0.05) is 0 Å². The molecule has 0 atom stereocenters. The third-order valence-corrected chi connectivity index (χ3v) is 4.63. The predicted molar refractivity (Wildman–Crippen MR) is 97.6 cm³/mol. The first-order valence-corrected chi connectivity index (χ1v) is 9.97. The van der Waals surface area contributed by atoms with E-state index >= 15 is 0 Å². The van der Waals surface area contributed by atoms with Gasteiger partial charge in [0.1, 0.15) is 22.3 Å². The third-order valence-electron chi connectivity index (χ3n) is 3.37. The molecule has 0 saturated carbocycles. The summed E-state index contributed by atoms with van der Waals surface area (Å²) in [6.45, 7) is 0. The summed E-state index contributed by atoms with van der Waals surface area (Å²) in [6, 6.07) is 8.96. The minimum atomic E-state index is -3.93. The molecule has 2 aromatic heterocycles. The molecule has 0 aliphatic carbocycles. The van der Waals surface area contributed by atoms with Crippen LogP contribution in [-0.2, 0) is 10.1 Å². The molecule has 0 aliphatic heterocycles. The zero-order valence-corrected chi connectivity index (χ0v) is 15.3. The van der Waals surface area contributed by atoms with Gasteiger partial charge in [-0.2, -0.15) is 13.7 Å². The maximum absolute atomic E-state index is 11.6. The zero-order valence-electron chi connectivity index (χ0n) is 13.7. The molecule has 0 radical (unpaired) electrons. The number of benzene rings is 1. The fourth-order valence-electron chi connectivity index (χ4n) is 2.28. The average Bonchev–Trinajstić information content (AvgIpc) is 3.14. The van der Waals surface area contributed by atoms with Crippen LogP contribution >= 0.6 is 11.3 Å². The van der Waals surface area contributed by atoms with Crippen molar-refractivity contribution in [1.29, 1.82) is 5.26 Å². The number of nitriles is 1. The number of pyridine rings is 1. The van der Waals surface area contributed by atoms with E-state index in [1.807, 2.05) is 6.07 Å². The summed E-state index contributed by atoms with van der Waals surface area (Å²) >= 11 is 1.28. The van der Waals surface area contributed by atoms with Crippen LogP contribution in [-0.4, -0.2) is 29.6 Å². The van der Waals surface area contributed by atoms with Gasteiger partial charge in [0.2, 0.25) is 0 Å². The fraction of sp³-hybridized carbons (Fsp3) is 0.0625. The molecule has 0 saturated heterocycles. The SMILES string of the molecule is CS(=O)(=O)Oc1nc(-c2nccs2)cc(-c2ccc([N+](=O)[O-])cc2)c1C#N. The minimum Gasteiger partial charge on any atom is -0.360 e. The molecule has 0 unspecified atom stereocenters. The van der Waals surface area contributed by atoms with E-state index < -0.39 is 15.0 Å². The molecule has 136 valence electrons. The summed E-state index contributed by atoms with van der Waals surface area (Å²) in [5.41, 5.74) is 0.895. The van der Waals surface area contributed by atoms with Gasteiger partial charge >= 0.3 is 10.1 Å². The van der Waals surface area contributed by atoms with Crippen LogP contribution in [0.2, 0.25) is 0 Å². The van der Waals surface area contributed by atoms with E-state index in [2.05, 4.69) is 9.97 Å². The summed E-state index contributed by atoms with van der Waals surface area (Å²) in [7, 11) is -3.93. The average molecular weight is 402 g/mol. The molecule has 0 N–H and O–H groups in total. The summed E-state index contributed by atoms with van der Waals surface area (Å²) < 4.78 is 28.0. The lowest BCUT2D eigenvalue weighted by Crippen LogP contribution is -2.09. The van der Waals surface area contributed by atoms with Crippen LogP contribution in [0.3, 0.4) is 0 Å². The highest BCUT2D eigenvalue weighted by molar-refractivity contribution is 7.86. The summed E-state index contributed by atoms with van der Waals surface area (Å²) in [5.74, 6) is -0.374. The van der Waals surface area contributed by atoms with Gasteiger partial charge in [0.05, 0.1) is 11.2 Å². The van der Waals surface area contributed by atoms with Crippen LogP contribution < -0.4 is 4.18 Å². The maximum Gasteiger partial charge on any atom is 0.307 e. The first-order chi connectivity index (χ1) is 12.8. The van der Waals surface area contributed by atoms with Crippen LogP contribution in [0.1, 0.15) is 5.56 Å². The van der Waals surface area contributed by atoms with Crippen molar-refractivity contribution in [3.8, 4) is 33.8 Å². The quantitative estimate of drug-likeness (QED) is 0.361. The standard InChI is InChI=1S/C16H10N4O5S2/c1-27(23,24)25-15-13(9-17)12(8-14(19-15)16-18-6-7-26-16)10-2-4-11(5-3-10)20(21)22/h2-8H,1H3. The normalized spacial score (nSPS) is 11.0. The number of thiazole rings is 1. The smallest absolute Gasteiger partial charge is 0.307 e. The number of nitro groups is 1. The number of hydrogen-bond acceptors (Lipinski definition) is 9. The van der Waals surface area contributed by atoms with Crippen molar-refractivity contribution in [1.82, 2.24) is 9.97 Å². The minimum absolute atomic E-state index is 0.102. The van der Waals surface area contributed by atoms with E-state index in [0.29, 0.717) is 21.8 Å². The van der Waals surface area contributed by atoms with Crippen molar-refractivity contribution in [2.24, 2.45) is 0 Å². The molecule has 1 aromatic carbocycles. The molecule has 3 aromatic rings. The van der Waals surface area contributed by atoms with Gasteiger partial charge in [-0.05, 0) is 23.8 Å². The molecule has 3 rings (SSSR count). The highest BCUT2D eigenvalue weighted by Gasteiger charge is 2.20. The van der Waals surface area contributed by atoms with Crippen LogP contribution in [0, 0.1) is 21.4 Å². The first kappa shape index (κ1) is 18.4. The van der Waals surface area contributed by atoms with Crippen molar-refractivity contribution in [3.05, 3.63) is 57.6 Å². The largest absolute Gasteiger partial charge is 0.360 e. The van der Waals surface area contributed by atoms with Crippen molar-refractivity contribution in [2.75, 3.05) is 6.26 Å². The van der Waals surface area contributed by atoms with Gasteiger partial charge in [0.25, 0.3) is 11.6 Å². The van der Waals surface area contributed by atoms with Crippen LogP contribution in [0.5, 0.6) is 5.88 Å². The molecule has 11 heteroatoms. The fourth-order valence-corrected chi connectivity index (χ4v) is 3.29. The highest BCUT2D eigenvalue weighted by Crippen LogP contribution is 2.35. The summed E-state index contributed by atoms with van der Waals surface area (Å²) in [5, 5.41) is 22.6. The van der Waals surface area contributed by atoms with Gasteiger partial charge in [-0.3, -0.25) is 10.1 Å². The molecular formula is C16H10N4O5S2. The predicted octanol–water partition coefficient (Wildman–Crippen LogP) is 2.99. The number of nitro benzene ring substituents is 1. The van der Waals surface area contributed by atoms with Gasteiger partial charge < -0.3 is 4.18 Å². The van der Waals surface area contributed by atoms with Crippen molar-refractivity contribution < 1.29 is 17.5 Å². The van der Waals surface area contributed by atoms with Gasteiger partial charge in [-0.25, -0.2) is 9.97 Å². The molecule has 9 nitrogen and oxygen atoms in total. The summed E-state index contributed by atoms with van der Waals surface area (Å²) in [4.78, 5) is 18.6. The number of aromatic nitrogens is 2. The molecule has 0 spiro atoms. The van der Waals surface area contributed by atoms with E-state index in [1.54, 1.807) is 17.6 Å². The second-order valence-electron chi connectivity index (χ2n) is 5.28. The van der Waals surface area contributed by atoms with Gasteiger partial charge in [-0.15, -0.1) is 11.3 Å². The summed E-state index contributed by atoms with van der Waals surface area (Å²) in [6.07, 6.45) is 2.40. The van der Waals surface area contributed by atoms with Crippen LogP contribution in [0.25, 0.3) is 21.8 Å². The lowest BCUT2D eigenvalue weighted by Gasteiger charge is -2.11. The topological polar surface area (TPSA) is 136 Å². The Balaban J connectivity index is 2.24. The highest BCUT2D eigenvalue weighted by atomic mass is 32.2. The Morgan fingerprint density at radius 1 is 1.30 bits per heavy atom. The van der Waals surface area contributed by atoms with Crippen LogP contribution in [0.15, 0.2) is 41.9 Å². The molecule has 0 bridgehead atoms. The lowest BCUT2D eigenvalue weighted by atomic mass is 10.0. The van der Waals surface area contributed by atoms with E-state index in [4.69, 9.17) is 4.18 Å².